The van der Waals surface area contributed by atoms with Crippen LogP contribution in [0.15, 0.2) is 0 Å². The summed E-state index contributed by atoms with van der Waals surface area (Å²) >= 11 is 6.70. The molecule has 1 atom stereocenters. The van der Waals surface area contributed by atoms with Gasteiger partial charge in [0.15, 0.2) is 0 Å². The molecule has 0 aliphatic rings. The Morgan fingerprint density at radius 1 is 1.05 bits per heavy atom. The van der Waals surface area contributed by atoms with Crippen LogP contribution in [0.4, 0.5) is 0 Å². The molecular formula is C14H31O2PS2. The minimum Gasteiger partial charge on any atom is -0.337 e. The Kier molecular flexibility index (Phi) is 8.79. The summed E-state index contributed by atoms with van der Waals surface area (Å²) in [6.07, 6.45) is 4.53. The first-order valence-electron chi connectivity index (χ1n) is 7.15. The SMILES string of the molecule is CCCC(C)(C)COP(O)(=S)SCC(C)(C)CCC. The summed E-state index contributed by atoms with van der Waals surface area (Å²) in [5.41, 5.74) is -2.37. The minimum atomic E-state index is -2.68. The molecule has 0 saturated heterocycles. The molecule has 0 saturated carbocycles. The van der Waals surface area contributed by atoms with Gasteiger partial charge >= 0.3 is 0 Å². The molecule has 1 N–H and O–H groups in total. The lowest BCUT2D eigenvalue weighted by atomic mass is 9.89. The zero-order valence-electron chi connectivity index (χ0n) is 13.4. The Morgan fingerprint density at radius 2 is 1.53 bits per heavy atom. The molecule has 0 spiro atoms. The van der Waals surface area contributed by atoms with Crippen LogP contribution in [0, 0.1) is 10.8 Å². The second-order valence-electron chi connectivity index (χ2n) is 6.84. The van der Waals surface area contributed by atoms with Crippen LogP contribution in [0.2, 0.25) is 0 Å². The van der Waals surface area contributed by atoms with Crippen LogP contribution in [0.3, 0.4) is 0 Å². The third kappa shape index (κ3) is 10.3. The highest BCUT2D eigenvalue weighted by atomic mass is 32.9. The van der Waals surface area contributed by atoms with Crippen LogP contribution in [0.1, 0.15) is 67.2 Å². The Balaban J connectivity index is 4.23. The first-order chi connectivity index (χ1) is 8.54. The van der Waals surface area contributed by atoms with Crippen molar-refractivity contribution in [3.8, 4) is 0 Å². The average molecular weight is 327 g/mol. The summed E-state index contributed by atoms with van der Waals surface area (Å²) in [7, 11) is 0. The molecule has 0 rings (SSSR count). The van der Waals surface area contributed by atoms with E-state index in [1.54, 1.807) is 0 Å². The molecule has 1 unspecified atom stereocenters. The van der Waals surface area contributed by atoms with Gasteiger partial charge in [-0.1, -0.05) is 65.8 Å². The summed E-state index contributed by atoms with van der Waals surface area (Å²) in [5.74, 6) is 0.864. The predicted octanol–water partition coefficient (Wildman–Crippen LogP) is 5.61. The van der Waals surface area contributed by atoms with E-state index in [1.807, 2.05) is 0 Å². The van der Waals surface area contributed by atoms with Gasteiger partial charge in [-0.3, -0.25) is 0 Å². The third-order valence-electron chi connectivity index (χ3n) is 3.09. The number of hydrogen-bond donors (Lipinski definition) is 1. The van der Waals surface area contributed by atoms with Gasteiger partial charge in [0.05, 0.1) is 6.61 Å². The molecule has 2 nitrogen and oxygen atoms in total. The fourth-order valence-corrected chi connectivity index (χ4v) is 5.84. The maximum atomic E-state index is 10.2. The summed E-state index contributed by atoms with van der Waals surface area (Å²) < 4.78 is 5.66. The van der Waals surface area contributed by atoms with Gasteiger partial charge in [-0.25, -0.2) is 0 Å². The largest absolute Gasteiger partial charge is 0.337 e. The Morgan fingerprint density at radius 3 is 2.00 bits per heavy atom. The van der Waals surface area contributed by atoms with E-state index in [2.05, 4.69) is 41.5 Å². The second kappa shape index (κ2) is 8.38. The van der Waals surface area contributed by atoms with Crippen LogP contribution >= 0.6 is 17.1 Å². The highest BCUT2D eigenvalue weighted by molar-refractivity contribution is 8.67. The molecular weight excluding hydrogens is 295 g/mol. The molecule has 19 heavy (non-hydrogen) atoms. The van der Waals surface area contributed by atoms with Crippen molar-refractivity contribution in [2.45, 2.75) is 67.2 Å². The molecule has 0 heterocycles. The molecule has 0 aliphatic heterocycles. The lowest BCUT2D eigenvalue weighted by Gasteiger charge is -2.29. The Bertz CT molecular complexity index is 278. The van der Waals surface area contributed by atoms with E-state index >= 15 is 0 Å². The average Bonchev–Trinajstić information content (AvgIpc) is 2.25. The fourth-order valence-electron chi connectivity index (χ4n) is 2.05. The highest BCUT2D eigenvalue weighted by Gasteiger charge is 2.26. The van der Waals surface area contributed by atoms with Crippen molar-refractivity contribution < 1.29 is 9.42 Å². The fraction of sp³-hybridized carbons (Fsp3) is 1.00. The Hall–Kier alpha value is 0.920. The normalized spacial score (nSPS) is 16.4. The summed E-state index contributed by atoms with van der Waals surface area (Å²) in [5, 5.41) is 0. The van der Waals surface area contributed by atoms with Crippen LogP contribution in [-0.2, 0) is 16.3 Å². The van der Waals surface area contributed by atoms with Gasteiger partial charge in [0.2, 0.25) is 5.69 Å². The van der Waals surface area contributed by atoms with E-state index in [0.717, 1.165) is 31.4 Å². The lowest BCUT2D eigenvalue weighted by Crippen LogP contribution is -2.18. The lowest BCUT2D eigenvalue weighted by molar-refractivity contribution is 0.173. The van der Waals surface area contributed by atoms with Crippen molar-refractivity contribution in [2.75, 3.05) is 12.4 Å². The second-order valence-corrected chi connectivity index (χ2v) is 13.0. The topological polar surface area (TPSA) is 29.5 Å². The molecule has 116 valence electrons. The van der Waals surface area contributed by atoms with Gasteiger partial charge in [-0.15, -0.1) is 0 Å². The maximum absolute atomic E-state index is 10.2. The monoisotopic (exact) mass is 326 g/mol. The van der Waals surface area contributed by atoms with Crippen molar-refractivity contribution in [2.24, 2.45) is 10.8 Å². The molecule has 0 radical (unpaired) electrons. The Labute approximate surface area is 129 Å². The van der Waals surface area contributed by atoms with E-state index in [4.69, 9.17) is 16.3 Å². The minimum absolute atomic E-state index is 0.0983. The highest BCUT2D eigenvalue weighted by Crippen LogP contribution is 2.58. The first kappa shape index (κ1) is 19.9. The summed E-state index contributed by atoms with van der Waals surface area (Å²) in [6, 6.07) is 0. The van der Waals surface area contributed by atoms with E-state index < -0.39 is 5.69 Å². The van der Waals surface area contributed by atoms with Crippen molar-refractivity contribution in [1.29, 1.82) is 0 Å². The number of rotatable bonds is 10. The van der Waals surface area contributed by atoms with E-state index in [0.29, 0.717) is 6.61 Å². The van der Waals surface area contributed by atoms with Crippen LogP contribution in [-0.4, -0.2) is 17.3 Å². The van der Waals surface area contributed by atoms with E-state index in [-0.39, 0.29) is 10.8 Å². The van der Waals surface area contributed by atoms with Gasteiger partial charge in [-0.2, -0.15) is 0 Å². The van der Waals surface area contributed by atoms with Crippen molar-refractivity contribution in [3.63, 3.8) is 0 Å². The van der Waals surface area contributed by atoms with Crippen molar-refractivity contribution in [3.05, 3.63) is 0 Å². The van der Waals surface area contributed by atoms with Gasteiger partial charge < -0.3 is 9.42 Å². The van der Waals surface area contributed by atoms with Gasteiger partial charge in [0.1, 0.15) is 0 Å². The van der Waals surface area contributed by atoms with Crippen molar-refractivity contribution >= 4 is 28.9 Å². The molecule has 5 heteroatoms. The molecule has 0 bridgehead atoms. The molecule has 0 aromatic heterocycles. The predicted molar refractivity (Wildman–Crippen MR) is 92.3 cm³/mol. The quantitative estimate of drug-likeness (QED) is 0.529. The van der Waals surface area contributed by atoms with Crippen LogP contribution in [0.25, 0.3) is 0 Å². The molecule has 0 aliphatic carbocycles. The third-order valence-corrected chi connectivity index (χ3v) is 7.73. The number of hydrogen-bond acceptors (Lipinski definition) is 3. The van der Waals surface area contributed by atoms with Gasteiger partial charge in [0, 0.05) is 5.75 Å². The van der Waals surface area contributed by atoms with Crippen molar-refractivity contribution in [1.82, 2.24) is 0 Å². The van der Waals surface area contributed by atoms with E-state index in [9.17, 15) is 4.89 Å². The zero-order chi connectivity index (χ0) is 15.2. The van der Waals surface area contributed by atoms with Crippen LogP contribution in [0.5, 0.6) is 0 Å². The van der Waals surface area contributed by atoms with Gasteiger partial charge in [0.25, 0.3) is 0 Å². The standard InChI is InChI=1S/C14H31O2PS2/c1-7-9-13(3,4)11-16-17(15,18)19-12-14(5,6)10-8-2/h7-12H2,1-6H3,(H,15,18). The summed E-state index contributed by atoms with van der Waals surface area (Å²) in [6.45, 7) is 13.7. The van der Waals surface area contributed by atoms with E-state index in [1.165, 1.54) is 11.4 Å². The van der Waals surface area contributed by atoms with Gasteiger partial charge in [-0.05, 0) is 35.5 Å². The zero-order valence-corrected chi connectivity index (χ0v) is 15.9. The molecule has 0 aromatic carbocycles. The molecule has 0 amide bonds. The summed E-state index contributed by atoms with van der Waals surface area (Å²) in [4.78, 5) is 10.2. The molecule has 0 fully saturated rings. The molecule has 0 aromatic rings. The van der Waals surface area contributed by atoms with Crippen LogP contribution < -0.4 is 0 Å². The maximum Gasteiger partial charge on any atom is 0.244 e. The first-order valence-corrected chi connectivity index (χ1v) is 11.4. The smallest absolute Gasteiger partial charge is 0.244 e.